The van der Waals surface area contributed by atoms with Crippen molar-refractivity contribution in [1.82, 2.24) is 0 Å². The molecule has 0 spiro atoms. The zero-order chi connectivity index (χ0) is 24.3. The molecule has 0 saturated carbocycles. The van der Waals surface area contributed by atoms with Crippen LogP contribution in [0.2, 0.25) is 0 Å². The van der Waals surface area contributed by atoms with Crippen molar-refractivity contribution in [1.29, 1.82) is 0 Å². The number of aliphatic hydroxyl groups is 1. The minimum atomic E-state index is -4.27. The number of benzene rings is 1. The molecule has 1 unspecified atom stereocenters. The Hall–Kier alpha value is -0.950. The Labute approximate surface area is 198 Å². The van der Waals surface area contributed by atoms with Crippen LogP contribution in [0.3, 0.4) is 0 Å². The monoisotopic (exact) mass is 471 g/mol. The van der Waals surface area contributed by atoms with Crippen LogP contribution >= 0.6 is 0 Å². The molecule has 0 bridgehead atoms. The van der Waals surface area contributed by atoms with Crippen molar-refractivity contribution >= 4 is 10.1 Å². The molecule has 1 atom stereocenters. The zero-order valence-electron chi connectivity index (χ0n) is 21.2. The highest BCUT2D eigenvalue weighted by atomic mass is 32.2. The summed E-state index contributed by atoms with van der Waals surface area (Å²) >= 11 is 0. The lowest BCUT2D eigenvalue weighted by Crippen LogP contribution is -2.50. The highest BCUT2D eigenvalue weighted by Gasteiger charge is 2.25. The van der Waals surface area contributed by atoms with Crippen LogP contribution < -0.4 is 0 Å². The molecule has 0 saturated heterocycles. The Kier molecular flexibility index (Phi) is 17.9. The topological polar surface area (TPSA) is 77.4 Å². The van der Waals surface area contributed by atoms with Crippen LogP contribution in [-0.2, 0) is 10.1 Å². The minimum Gasteiger partial charge on any atom is -0.744 e. The van der Waals surface area contributed by atoms with Crippen LogP contribution in [0.15, 0.2) is 29.2 Å². The number of hydrogen-bond donors (Lipinski definition) is 1. The van der Waals surface area contributed by atoms with Crippen molar-refractivity contribution < 1.29 is 22.6 Å². The summed E-state index contributed by atoms with van der Waals surface area (Å²) in [5.41, 5.74) is 0.928. The molecule has 5 nitrogen and oxygen atoms in total. The second kappa shape index (κ2) is 18.5. The van der Waals surface area contributed by atoms with E-state index in [1.807, 2.05) is 6.92 Å². The second-order valence-corrected chi connectivity index (χ2v) is 10.4. The summed E-state index contributed by atoms with van der Waals surface area (Å²) in [6, 6.07) is 5.78. The maximum atomic E-state index is 10.4. The van der Waals surface area contributed by atoms with E-state index in [1.165, 1.54) is 107 Å². The van der Waals surface area contributed by atoms with Crippen molar-refractivity contribution in [2.75, 3.05) is 32.8 Å². The highest BCUT2D eigenvalue weighted by molar-refractivity contribution is 7.85. The molecule has 1 aromatic carbocycles. The fourth-order valence-corrected chi connectivity index (χ4v) is 4.47. The van der Waals surface area contributed by atoms with E-state index >= 15 is 0 Å². The summed E-state index contributed by atoms with van der Waals surface area (Å²) in [4.78, 5) is -0.178. The molecular weight excluding hydrogens is 422 g/mol. The average molecular weight is 472 g/mol. The van der Waals surface area contributed by atoms with E-state index in [0.717, 1.165) is 12.0 Å². The van der Waals surface area contributed by atoms with Crippen molar-refractivity contribution in [2.24, 2.45) is 0 Å². The van der Waals surface area contributed by atoms with Crippen LogP contribution in [0, 0.1) is 6.92 Å². The maximum absolute atomic E-state index is 10.4. The smallest absolute Gasteiger partial charge is 0.124 e. The minimum absolute atomic E-state index is 0.178. The van der Waals surface area contributed by atoms with Gasteiger partial charge in [-0.1, -0.05) is 64.2 Å². The van der Waals surface area contributed by atoms with Gasteiger partial charge in [0.2, 0.25) is 0 Å². The summed E-state index contributed by atoms with van der Waals surface area (Å²) in [6.45, 7) is 14.5. The van der Waals surface area contributed by atoms with Crippen molar-refractivity contribution in [2.45, 2.75) is 103 Å². The molecule has 188 valence electrons. The van der Waals surface area contributed by atoms with Crippen molar-refractivity contribution in [3.63, 3.8) is 0 Å². The molecule has 1 rings (SSSR count). The first-order valence-electron chi connectivity index (χ1n) is 12.7. The standard InChI is InChI=1S/C19H42NO.C7H8O3S/c1-4-7-10-12-17-20(15-9-6-3,16-11-8-5-2)18-13-14-19-21;1-6-2-4-7(5-3-6)11(8,9)10/h21H,4-19H2,1-3H3;2-5H,1H3,(H,8,9,10)/q+1;/p-1. The van der Waals surface area contributed by atoms with Gasteiger partial charge in [0, 0.05) is 6.61 Å². The van der Waals surface area contributed by atoms with Gasteiger partial charge in [-0.05, 0) is 64.0 Å². The maximum Gasteiger partial charge on any atom is 0.124 e. The van der Waals surface area contributed by atoms with E-state index in [-0.39, 0.29) is 4.90 Å². The van der Waals surface area contributed by atoms with Gasteiger partial charge in [0.25, 0.3) is 0 Å². The van der Waals surface area contributed by atoms with Gasteiger partial charge in [0.05, 0.1) is 31.1 Å². The predicted octanol–water partition coefficient (Wildman–Crippen LogP) is 6.05. The molecule has 0 aliphatic heterocycles. The molecule has 1 N–H and O–H groups in total. The third-order valence-corrected chi connectivity index (χ3v) is 6.91. The summed E-state index contributed by atoms with van der Waals surface area (Å²) in [6.07, 6.45) is 14.4. The van der Waals surface area contributed by atoms with Gasteiger partial charge in [0.1, 0.15) is 10.1 Å². The SMILES string of the molecule is CCCCCC[N+](CCCC)(CCCCC)CCCCO.Cc1ccc(S(=O)(=O)[O-])cc1. The molecule has 0 fully saturated rings. The first-order valence-corrected chi connectivity index (χ1v) is 14.1. The number of rotatable bonds is 17. The van der Waals surface area contributed by atoms with Crippen LogP contribution in [0.5, 0.6) is 0 Å². The van der Waals surface area contributed by atoms with Crippen molar-refractivity contribution in [3.05, 3.63) is 29.8 Å². The molecule has 0 amide bonds. The molecular formula is C26H49NO4S. The van der Waals surface area contributed by atoms with Crippen LogP contribution in [-0.4, -0.2) is 55.3 Å². The van der Waals surface area contributed by atoms with Crippen LogP contribution in [0.25, 0.3) is 0 Å². The summed E-state index contributed by atoms with van der Waals surface area (Å²) < 4.78 is 32.5. The Bertz CT molecular complexity index is 649. The molecule has 32 heavy (non-hydrogen) atoms. The zero-order valence-corrected chi connectivity index (χ0v) is 22.0. The number of unbranched alkanes of at least 4 members (excludes halogenated alkanes) is 7. The number of hydrogen-bond acceptors (Lipinski definition) is 4. The quantitative estimate of drug-likeness (QED) is 0.170. The van der Waals surface area contributed by atoms with Crippen LogP contribution in [0.4, 0.5) is 0 Å². The van der Waals surface area contributed by atoms with Gasteiger partial charge in [-0.25, -0.2) is 8.42 Å². The fraction of sp³-hybridized carbons (Fsp3) is 0.769. The Morgan fingerprint density at radius 3 is 1.62 bits per heavy atom. The highest BCUT2D eigenvalue weighted by Crippen LogP contribution is 2.18. The Morgan fingerprint density at radius 2 is 1.16 bits per heavy atom. The van der Waals surface area contributed by atoms with Gasteiger partial charge in [0.15, 0.2) is 0 Å². The molecule has 0 aliphatic rings. The van der Waals surface area contributed by atoms with Gasteiger partial charge < -0.3 is 14.1 Å². The summed E-state index contributed by atoms with van der Waals surface area (Å²) in [5.74, 6) is 0. The Morgan fingerprint density at radius 1 is 0.719 bits per heavy atom. The number of aryl methyl sites for hydroxylation is 1. The fourth-order valence-electron chi connectivity index (χ4n) is 4.00. The average Bonchev–Trinajstić information content (AvgIpc) is 2.76. The Balaban J connectivity index is 0.000000726. The molecule has 1 aromatic rings. The molecule has 0 heterocycles. The van der Waals surface area contributed by atoms with E-state index in [0.29, 0.717) is 6.61 Å². The summed E-state index contributed by atoms with van der Waals surface area (Å²) in [7, 11) is -4.27. The predicted molar refractivity (Wildman–Crippen MR) is 134 cm³/mol. The number of nitrogens with zero attached hydrogens (tertiary/aromatic N) is 1. The lowest BCUT2D eigenvalue weighted by Gasteiger charge is -2.39. The molecule has 0 aromatic heterocycles. The second-order valence-electron chi connectivity index (χ2n) is 9.06. The van der Waals surface area contributed by atoms with Gasteiger partial charge in [-0.15, -0.1) is 0 Å². The molecule has 0 radical (unpaired) electrons. The van der Waals surface area contributed by atoms with Gasteiger partial charge in [-0.2, -0.15) is 0 Å². The third kappa shape index (κ3) is 15.0. The number of aliphatic hydroxyl groups excluding tert-OH is 1. The first kappa shape index (κ1) is 31.0. The van der Waals surface area contributed by atoms with E-state index in [2.05, 4.69) is 20.8 Å². The van der Waals surface area contributed by atoms with Crippen molar-refractivity contribution in [3.8, 4) is 0 Å². The summed E-state index contributed by atoms with van der Waals surface area (Å²) in [5, 5.41) is 9.09. The molecule has 0 aliphatic carbocycles. The normalized spacial score (nSPS) is 13.3. The van der Waals surface area contributed by atoms with Gasteiger partial charge >= 0.3 is 0 Å². The third-order valence-electron chi connectivity index (χ3n) is 6.06. The lowest BCUT2D eigenvalue weighted by atomic mass is 10.1. The lowest BCUT2D eigenvalue weighted by molar-refractivity contribution is -0.929. The van der Waals surface area contributed by atoms with E-state index in [9.17, 15) is 13.0 Å². The van der Waals surface area contributed by atoms with E-state index in [1.54, 1.807) is 12.1 Å². The van der Waals surface area contributed by atoms with E-state index in [4.69, 9.17) is 5.11 Å². The first-order chi connectivity index (χ1) is 15.2. The van der Waals surface area contributed by atoms with Crippen LogP contribution in [0.1, 0.15) is 97.0 Å². The molecule has 6 heteroatoms. The van der Waals surface area contributed by atoms with Gasteiger partial charge in [-0.3, -0.25) is 0 Å². The number of quaternary nitrogens is 1. The largest absolute Gasteiger partial charge is 0.744 e. The van der Waals surface area contributed by atoms with E-state index < -0.39 is 10.1 Å².